The highest BCUT2D eigenvalue weighted by Gasteiger charge is 2.20. The van der Waals surface area contributed by atoms with Crippen molar-refractivity contribution >= 4 is 17.1 Å². The lowest BCUT2D eigenvalue weighted by Crippen LogP contribution is -2.19. The molecule has 2 atom stereocenters. The van der Waals surface area contributed by atoms with E-state index in [4.69, 9.17) is 5.11 Å². The monoisotopic (exact) mass is 476 g/mol. The fourth-order valence-corrected chi connectivity index (χ4v) is 4.20. The minimum Gasteiger partial charge on any atom is -0.481 e. The van der Waals surface area contributed by atoms with Gasteiger partial charge in [-0.15, -0.1) is 5.10 Å². The van der Waals surface area contributed by atoms with Crippen LogP contribution >= 0.6 is 0 Å². The molecule has 184 valence electrons. The molecule has 3 N–H and O–H groups in total. The number of aliphatic hydroxyl groups excluding tert-OH is 2. The molecular formula is C27H32N4O4. The summed E-state index contributed by atoms with van der Waals surface area (Å²) < 4.78 is 1.57. The number of hydrogen-bond acceptors (Lipinski definition) is 6. The summed E-state index contributed by atoms with van der Waals surface area (Å²) in [7, 11) is 1.75. The molecule has 8 heteroatoms. The van der Waals surface area contributed by atoms with Crippen LogP contribution in [0.25, 0.3) is 11.1 Å². The minimum atomic E-state index is -1.16. The van der Waals surface area contributed by atoms with E-state index in [0.717, 1.165) is 39.0 Å². The Bertz CT molecular complexity index is 1220. The number of tetrazole rings is 1. The molecule has 8 nitrogen and oxygen atoms in total. The first-order chi connectivity index (χ1) is 16.6. The third-order valence-corrected chi connectivity index (χ3v) is 5.84. The number of rotatable bonds is 9. The Hall–Kier alpha value is -3.62. The zero-order valence-corrected chi connectivity index (χ0v) is 20.7. The third-order valence-electron chi connectivity index (χ3n) is 5.84. The van der Waals surface area contributed by atoms with Gasteiger partial charge in [-0.3, -0.25) is 4.79 Å². The molecule has 0 bridgehead atoms. The third kappa shape index (κ3) is 6.49. The maximum atomic E-state index is 10.9. The van der Waals surface area contributed by atoms with Crippen molar-refractivity contribution in [2.45, 2.75) is 52.7 Å². The predicted octanol–water partition coefficient (Wildman–Crippen LogP) is 3.55. The highest BCUT2D eigenvalue weighted by atomic mass is 16.4. The van der Waals surface area contributed by atoms with E-state index >= 15 is 0 Å². The molecule has 0 saturated heterocycles. The lowest BCUT2D eigenvalue weighted by atomic mass is 9.86. The number of aryl methyl sites for hydroxylation is 5. The van der Waals surface area contributed by atoms with Crippen molar-refractivity contribution in [2.24, 2.45) is 7.05 Å². The molecular weight excluding hydrogens is 444 g/mol. The molecule has 35 heavy (non-hydrogen) atoms. The first kappa shape index (κ1) is 26.0. The standard InChI is InChI=1S/C27H32N4O4/c1-16-6-9-22(18(3)12-16)26(23-10-7-17(2)13-19(23)4)24(27-28-29-30-31(27)5)11-8-20(32)14-21(33)15-25(34)35/h6-13,20-21,32-33H,14-15H2,1-5H3,(H,34,35)/b11-8+. The Morgan fingerprint density at radius 3 is 2.03 bits per heavy atom. The molecule has 0 aliphatic rings. The second kappa shape index (κ2) is 11.2. The molecule has 0 amide bonds. The lowest BCUT2D eigenvalue weighted by molar-refractivity contribution is -0.139. The van der Waals surface area contributed by atoms with E-state index in [1.54, 1.807) is 23.9 Å². The summed E-state index contributed by atoms with van der Waals surface area (Å²) in [6, 6.07) is 12.5. The highest BCUT2D eigenvalue weighted by Crippen LogP contribution is 2.36. The summed E-state index contributed by atoms with van der Waals surface area (Å²) in [6.07, 6.45) is 0.543. The number of aliphatic carboxylic acids is 1. The number of hydrogen-bond donors (Lipinski definition) is 3. The predicted molar refractivity (Wildman–Crippen MR) is 135 cm³/mol. The van der Waals surface area contributed by atoms with Crippen molar-refractivity contribution in [3.05, 3.63) is 87.8 Å². The highest BCUT2D eigenvalue weighted by molar-refractivity contribution is 6.02. The largest absolute Gasteiger partial charge is 0.481 e. The number of carbonyl (C=O) groups is 1. The van der Waals surface area contributed by atoms with E-state index in [0.29, 0.717) is 11.4 Å². The van der Waals surface area contributed by atoms with Gasteiger partial charge < -0.3 is 15.3 Å². The smallest absolute Gasteiger partial charge is 0.305 e. The van der Waals surface area contributed by atoms with Crippen molar-refractivity contribution in [2.75, 3.05) is 0 Å². The summed E-state index contributed by atoms with van der Waals surface area (Å²) in [6.45, 7) is 8.20. The Balaban J connectivity index is 2.24. The van der Waals surface area contributed by atoms with E-state index in [1.807, 2.05) is 13.8 Å². The van der Waals surface area contributed by atoms with Crippen molar-refractivity contribution in [3.63, 3.8) is 0 Å². The van der Waals surface area contributed by atoms with Crippen LogP contribution in [0.15, 0.2) is 48.6 Å². The summed E-state index contributed by atoms with van der Waals surface area (Å²) in [5.41, 5.74) is 8.07. The van der Waals surface area contributed by atoms with E-state index < -0.39 is 24.6 Å². The summed E-state index contributed by atoms with van der Waals surface area (Å²) in [4.78, 5) is 10.9. The van der Waals surface area contributed by atoms with Crippen molar-refractivity contribution in [1.82, 2.24) is 20.2 Å². The molecule has 3 aromatic rings. The number of carboxylic acid groups (broad SMARTS) is 1. The van der Waals surface area contributed by atoms with Crippen molar-refractivity contribution < 1.29 is 20.1 Å². The number of carboxylic acids is 1. The van der Waals surface area contributed by atoms with Crippen LogP contribution in [0.4, 0.5) is 0 Å². The zero-order chi connectivity index (χ0) is 25.7. The van der Waals surface area contributed by atoms with E-state index in [2.05, 4.69) is 65.8 Å². The van der Waals surface area contributed by atoms with Gasteiger partial charge in [-0.25, -0.2) is 4.68 Å². The van der Waals surface area contributed by atoms with Gasteiger partial charge in [0.1, 0.15) is 0 Å². The van der Waals surface area contributed by atoms with Crippen molar-refractivity contribution in [1.29, 1.82) is 0 Å². The van der Waals surface area contributed by atoms with Crippen molar-refractivity contribution in [3.8, 4) is 0 Å². The molecule has 0 spiro atoms. The summed E-state index contributed by atoms with van der Waals surface area (Å²) in [5.74, 6) is -0.610. The number of nitrogens with zero attached hydrogens (tertiary/aromatic N) is 4. The van der Waals surface area contributed by atoms with Crippen LogP contribution in [-0.2, 0) is 11.8 Å². The van der Waals surface area contributed by atoms with Crippen LogP contribution in [0.5, 0.6) is 0 Å². The minimum absolute atomic E-state index is 0.102. The van der Waals surface area contributed by atoms with Gasteiger partial charge in [0.2, 0.25) is 0 Å². The van der Waals surface area contributed by atoms with Crippen LogP contribution in [0.2, 0.25) is 0 Å². The number of benzene rings is 2. The molecule has 0 fully saturated rings. The summed E-state index contributed by atoms with van der Waals surface area (Å²) >= 11 is 0. The maximum absolute atomic E-state index is 10.9. The number of aromatic nitrogens is 4. The number of aliphatic hydroxyl groups is 2. The van der Waals surface area contributed by atoms with E-state index in [1.165, 1.54) is 0 Å². The molecule has 0 radical (unpaired) electrons. The average Bonchev–Trinajstić information content (AvgIpc) is 3.17. The number of allylic oxidation sites excluding steroid dienone is 2. The summed E-state index contributed by atoms with van der Waals surface area (Å²) in [5, 5.41) is 41.5. The van der Waals surface area contributed by atoms with Gasteiger partial charge in [-0.1, -0.05) is 59.7 Å². The average molecular weight is 477 g/mol. The second-order valence-electron chi connectivity index (χ2n) is 8.97. The Morgan fingerprint density at radius 2 is 1.57 bits per heavy atom. The quantitative estimate of drug-likeness (QED) is 0.404. The first-order valence-electron chi connectivity index (χ1n) is 11.4. The van der Waals surface area contributed by atoms with Crippen LogP contribution in [0.1, 0.15) is 52.0 Å². The van der Waals surface area contributed by atoms with Gasteiger partial charge in [0.05, 0.1) is 18.6 Å². The van der Waals surface area contributed by atoms with Crippen LogP contribution in [0, 0.1) is 27.7 Å². The van der Waals surface area contributed by atoms with Gasteiger partial charge in [0.15, 0.2) is 5.82 Å². The van der Waals surface area contributed by atoms with Gasteiger partial charge >= 0.3 is 5.97 Å². The molecule has 2 aromatic carbocycles. The molecule has 0 saturated carbocycles. The topological polar surface area (TPSA) is 121 Å². The van der Waals surface area contributed by atoms with Gasteiger partial charge in [-0.05, 0) is 60.4 Å². The first-order valence-corrected chi connectivity index (χ1v) is 11.4. The second-order valence-corrected chi connectivity index (χ2v) is 8.97. The van der Waals surface area contributed by atoms with Crippen LogP contribution < -0.4 is 0 Å². The van der Waals surface area contributed by atoms with Gasteiger partial charge in [-0.2, -0.15) is 0 Å². The van der Waals surface area contributed by atoms with E-state index in [-0.39, 0.29) is 6.42 Å². The Labute approximate surface area is 205 Å². The van der Waals surface area contributed by atoms with Crippen LogP contribution in [0.3, 0.4) is 0 Å². The fourth-order valence-electron chi connectivity index (χ4n) is 4.20. The lowest BCUT2D eigenvalue weighted by Gasteiger charge is -2.19. The molecule has 1 aromatic heterocycles. The van der Waals surface area contributed by atoms with E-state index in [9.17, 15) is 15.0 Å². The molecule has 1 heterocycles. The molecule has 2 unspecified atom stereocenters. The molecule has 0 aliphatic carbocycles. The fraction of sp³-hybridized carbons (Fsp3) is 0.333. The maximum Gasteiger partial charge on any atom is 0.305 e. The normalized spacial score (nSPS) is 13.1. The Kier molecular flexibility index (Phi) is 8.32. The molecule has 0 aliphatic heterocycles. The Morgan fingerprint density at radius 1 is 1.00 bits per heavy atom. The van der Waals surface area contributed by atoms with Crippen LogP contribution in [-0.4, -0.2) is 53.7 Å². The van der Waals surface area contributed by atoms with Gasteiger partial charge in [0, 0.05) is 24.6 Å². The zero-order valence-electron chi connectivity index (χ0n) is 20.7. The molecule has 3 rings (SSSR count). The van der Waals surface area contributed by atoms with Gasteiger partial charge in [0.25, 0.3) is 0 Å². The SMILES string of the molecule is Cc1ccc(C(=C(/C=C/C(O)CC(O)CC(=O)O)c2nnnn2C)c2ccc(C)cc2C)c(C)c1.